The highest BCUT2D eigenvalue weighted by atomic mass is 32.1. The van der Waals surface area contributed by atoms with Crippen LogP contribution in [0, 0.1) is 12.8 Å². The van der Waals surface area contributed by atoms with Crippen molar-refractivity contribution in [2.45, 2.75) is 51.4 Å². The molecule has 21 heavy (non-hydrogen) atoms. The summed E-state index contributed by atoms with van der Waals surface area (Å²) in [4.78, 5) is 5.44. The van der Waals surface area contributed by atoms with Crippen LogP contribution < -0.4 is 5.32 Å². The Labute approximate surface area is 125 Å². The normalized spacial score (nSPS) is 23.8. The fourth-order valence-corrected chi connectivity index (χ4v) is 3.80. The van der Waals surface area contributed by atoms with Crippen molar-refractivity contribution in [3.05, 3.63) is 23.0 Å². The summed E-state index contributed by atoms with van der Waals surface area (Å²) < 4.78 is 40.0. The number of thiazole rings is 1. The highest BCUT2D eigenvalue weighted by molar-refractivity contribution is 7.15. The van der Waals surface area contributed by atoms with E-state index in [1.807, 2.05) is 22.9 Å². The number of aryl methyl sites for hydroxylation is 1. The molecule has 116 valence electrons. The van der Waals surface area contributed by atoms with Crippen molar-refractivity contribution in [2.24, 2.45) is 5.92 Å². The van der Waals surface area contributed by atoms with Crippen molar-refractivity contribution in [3.63, 3.8) is 0 Å². The molecule has 0 spiro atoms. The molecule has 1 aliphatic carbocycles. The molecule has 0 bridgehead atoms. The van der Waals surface area contributed by atoms with Gasteiger partial charge in [-0.1, -0.05) is 0 Å². The first-order chi connectivity index (χ1) is 9.95. The smallest absolute Gasteiger partial charge is 0.308 e. The maximum absolute atomic E-state index is 12.6. The number of nitrogens with zero attached hydrogens (tertiary/aromatic N) is 2. The monoisotopic (exact) mass is 317 g/mol. The average molecular weight is 317 g/mol. The zero-order valence-electron chi connectivity index (χ0n) is 11.8. The molecule has 0 atom stereocenters. The Bertz CT molecular complexity index is 609. The van der Waals surface area contributed by atoms with Gasteiger partial charge in [-0.2, -0.15) is 13.2 Å². The first kappa shape index (κ1) is 14.8. The molecule has 0 saturated heterocycles. The van der Waals surface area contributed by atoms with Gasteiger partial charge in [0, 0.05) is 24.2 Å². The molecule has 1 aliphatic rings. The van der Waals surface area contributed by atoms with Crippen LogP contribution in [0.3, 0.4) is 0 Å². The van der Waals surface area contributed by atoms with Crippen molar-refractivity contribution in [1.29, 1.82) is 0 Å². The molecular formula is C14H18F3N3S. The van der Waals surface area contributed by atoms with Crippen molar-refractivity contribution >= 4 is 16.3 Å². The van der Waals surface area contributed by atoms with Crippen LogP contribution in [0.15, 0.2) is 11.6 Å². The number of alkyl halides is 3. The van der Waals surface area contributed by atoms with Crippen molar-refractivity contribution in [1.82, 2.24) is 14.7 Å². The summed E-state index contributed by atoms with van der Waals surface area (Å²) in [6.07, 6.45) is -0.391. The van der Waals surface area contributed by atoms with E-state index in [4.69, 9.17) is 0 Å². The maximum Gasteiger partial charge on any atom is 0.391 e. The molecular weight excluding hydrogens is 299 g/mol. The molecule has 1 saturated carbocycles. The van der Waals surface area contributed by atoms with E-state index in [1.165, 1.54) is 0 Å². The number of nitrogens with one attached hydrogen (secondary N) is 1. The first-order valence-electron chi connectivity index (χ1n) is 7.16. The van der Waals surface area contributed by atoms with Crippen LogP contribution in [0.5, 0.6) is 0 Å². The van der Waals surface area contributed by atoms with Crippen molar-refractivity contribution < 1.29 is 13.2 Å². The van der Waals surface area contributed by atoms with Gasteiger partial charge in [0.25, 0.3) is 0 Å². The lowest BCUT2D eigenvalue weighted by Gasteiger charge is -2.30. The predicted molar refractivity (Wildman–Crippen MR) is 76.4 cm³/mol. The Balaban J connectivity index is 1.57. The quantitative estimate of drug-likeness (QED) is 0.930. The Morgan fingerprint density at radius 2 is 2.05 bits per heavy atom. The Kier molecular flexibility index (Phi) is 3.96. The molecule has 2 aromatic rings. The fourth-order valence-electron chi connectivity index (χ4n) is 3.02. The number of fused-ring (bicyclic) bond motifs is 1. The van der Waals surface area contributed by atoms with E-state index in [0.717, 1.165) is 16.3 Å². The second-order valence-electron chi connectivity index (χ2n) is 5.67. The van der Waals surface area contributed by atoms with Gasteiger partial charge in [0.2, 0.25) is 0 Å². The van der Waals surface area contributed by atoms with E-state index < -0.39 is 12.1 Å². The molecule has 1 fully saturated rings. The minimum absolute atomic E-state index is 0.173. The third-order valence-corrected chi connectivity index (χ3v) is 5.07. The van der Waals surface area contributed by atoms with Gasteiger partial charge >= 0.3 is 6.18 Å². The van der Waals surface area contributed by atoms with Gasteiger partial charge in [0.15, 0.2) is 4.96 Å². The Morgan fingerprint density at radius 3 is 2.71 bits per heavy atom. The molecule has 2 aromatic heterocycles. The third kappa shape index (κ3) is 3.08. The number of imidazole rings is 1. The van der Waals surface area contributed by atoms with E-state index >= 15 is 0 Å². The third-order valence-electron chi connectivity index (χ3n) is 4.31. The second-order valence-corrected chi connectivity index (χ2v) is 6.54. The minimum atomic E-state index is -4.03. The van der Waals surface area contributed by atoms with Gasteiger partial charge < -0.3 is 5.32 Å². The van der Waals surface area contributed by atoms with Crippen LogP contribution in [-0.2, 0) is 6.54 Å². The zero-order valence-corrected chi connectivity index (χ0v) is 12.6. The zero-order chi connectivity index (χ0) is 15.0. The lowest BCUT2D eigenvalue weighted by atomic mass is 9.85. The number of rotatable bonds is 3. The van der Waals surface area contributed by atoms with Crippen LogP contribution in [-0.4, -0.2) is 21.6 Å². The molecule has 7 heteroatoms. The van der Waals surface area contributed by atoms with E-state index in [2.05, 4.69) is 10.3 Å². The summed E-state index contributed by atoms with van der Waals surface area (Å²) >= 11 is 1.59. The van der Waals surface area contributed by atoms with Crippen LogP contribution >= 0.6 is 11.3 Å². The van der Waals surface area contributed by atoms with E-state index in [0.29, 0.717) is 19.4 Å². The molecule has 0 amide bonds. The second kappa shape index (κ2) is 5.61. The molecule has 0 aliphatic heterocycles. The van der Waals surface area contributed by atoms with Gasteiger partial charge in [0.1, 0.15) is 0 Å². The molecule has 3 nitrogen and oxygen atoms in total. The summed E-state index contributed by atoms with van der Waals surface area (Å²) in [6, 6.07) is 0.173. The number of halogens is 3. The lowest BCUT2D eigenvalue weighted by Crippen LogP contribution is -2.36. The summed E-state index contributed by atoms with van der Waals surface area (Å²) in [5, 5.41) is 5.38. The van der Waals surface area contributed by atoms with E-state index in [9.17, 15) is 13.2 Å². The van der Waals surface area contributed by atoms with Crippen LogP contribution in [0.2, 0.25) is 0 Å². The maximum atomic E-state index is 12.6. The predicted octanol–water partition coefficient (Wildman–Crippen LogP) is 3.91. The van der Waals surface area contributed by atoms with Gasteiger partial charge in [-0.05, 0) is 32.6 Å². The molecule has 0 aromatic carbocycles. The van der Waals surface area contributed by atoms with Gasteiger partial charge in [0.05, 0.1) is 17.3 Å². The Hall–Kier alpha value is -1.08. The first-order valence-corrected chi connectivity index (χ1v) is 8.04. The summed E-state index contributed by atoms with van der Waals surface area (Å²) in [5.74, 6) is -1.11. The molecule has 0 unspecified atom stereocenters. The lowest BCUT2D eigenvalue weighted by molar-refractivity contribution is -0.182. The molecule has 0 radical (unpaired) electrons. The van der Waals surface area contributed by atoms with Gasteiger partial charge in [-0.25, -0.2) is 4.98 Å². The number of aromatic nitrogens is 2. The van der Waals surface area contributed by atoms with Crippen LogP contribution in [0.1, 0.15) is 37.1 Å². The summed E-state index contributed by atoms with van der Waals surface area (Å²) in [5.41, 5.74) is 2.09. The standard InChI is InChI=1S/C14H18F3N3S/c1-9-12(20-6-7-21-13(20)19-9)8-18-11-4-2-10(3-5-11)14(15,16)17/h6-7,10-11,18H,2-5,8H2,1H3. The highest BCUT2D eigenvalue weighted by Gasteiger charge is 2.41. The molecule has 2 heterocycles. The topological polar surface area (TPSA) is 29.3 Å². The average Bonchev–Trinajstić information content (AvgIpc) is 2.97. The van der Waals surface area contributed by atoms with Crippen molar-refractivity contribution in [3.8, 4) is 0 Å². The van der Waals surface area contributed by atoms with Crippen LogP contribution in [0.25, 0.3) is 4.96 Å². The van der Waals surface area contributed by atoms with E-state index in [-0.39, 0.29) is 18.9 Å². The van der Waals surface area contributed by atoms with Gasteiger partial charge in [-0.15, -0.1) is 11.3 Å². The van der Waals surface area contributed by atoms with Gasteiger partial charge in [-0.3, -0.25) is 4.40 Å². The Morgan fingerprint density at radius 1 is 1.33 bits per heavy atom. The minimum Gasteiger partial charge on any atom is -0.308 e. The summed E-state index contributed by atoms with van der Waals surface area (Å²) in [7, 11) is 0. The van der Waals surface area contributed by atoms with Crippen molar-refractivity contribution in [2.75, 3.05) is 0 Å². The number of hydrogen-bond acceptors (Lipinski definition) is 3. The SMILES string of the molecule is Cc1nc2sccn2c1CNC1CCC(C(F)(F)F)CC1. The summed E-state index contributed by atoms with van der Waals surface area (Å²) in [6.45, 7) is 2.63. The number of hydrogen-bond donors (Lipinski definition) is 1. The van der Waals surface area contributed by atoms with Crippen LogP contribution in [0.4, 0.5) is 13.2 Å². The largest absolute Gasteiger partial charge is 0.391 e. The molecule has 1 N–H and O–H groups in total. The van der Waals surface area contributed by atoms with E-state index in [1.54, 1.807) is 11.3 Å². The fraction of sp³-hybridized carbons (Fsp3) is 0.643. The molecule has 3 rings (SSSR count). The highest BCUT2D eigenvalue weighted by Crippen LogP contribution is 2.37.